The van der Waals surface area contributed by atoms with Gasteiger partial charge < -0.3 is 10.5 Å². The second-order valence-electron chi connectivity index (χ2n) is 6.72. The number of nitrogens with two attached hydrogens (primary N) is 1. The average Bonchev–Trinajstić information content (AvgIpc) is 2.90. The minimum atomic E-state index is -0.525. The summed E-state index contributed by atoms with van der Waals surface area (Å²) >= 11 is 0. The van der Waals surface area contributed by atoms with E-state index >= 15 is 0 Å². The predicted octanol–water partition coefficient (Wildman–Crippen LogP) is 3.87. The van der Waals surface area contributed by atoms with Crippen molar-refractivity contribution in [1.82, 2.24) is 14.5 Å². The molecule has 0 saturated heterocycles. The van der Waals surface area contributed by atoms with Crippen LogP contribution in [0.4, 0.5) is 5.82 Å². The molecule has 136 valence electrons. The highest BCUT2D eigenvalue weighted by Crippen LogP contribution is 2.34. The number of esters is 1. The minimum Gasteiger partial charge on any atom is -0.465 e. The number of anilines is 1. The number of nitrogens with zero attached hydrogens (tertiary/aromatic N) is 3. The van der Waals surface area contributed by atoms with Gasteiger partial charge in [-0.3, -0.25) is 4.57 Å². The van der Waals surface area contributed by atoms with E-state index in [9.17, 15) is 4.79 Å². The third-order valence-electron chi connectivity index (χ3n) is 4.75. The van der Waals surface area contributed by atoms with Crippen LogP contribution in [0.25, 0.3) is 27.9 Å². The molecule has 0 aliphatic rings. The van der Waals surface area contributed by atoms with Gasteiger partial charge in [-0.15, -0.1) is 0 Å². The maximum absolute atomic E-state index is 12.5. The minimum absolute atomic E-state index is 0.241. The maximum Gasteiger partial charge on any atom is 0.343 e. The number of benzene rings is 2. The summed E-state index contributed by atoms with van der Waals surface area (Å²) in [6.07, 6.45) is 0. The number of ether oxygens (including phenoxy) is 1. The van der Waals surface area contributed by atoms with Gasteiger partial charge in [0.2, 0.25) is 0 Å². The Morgan fingerprint density at radius 2 is 1.63 bits per heavy atom. The van der Waals surface area contributed by atoms with E-state index in [1.165, 1.54) is 7.11 Å². The summed E-state index contributed by atoms with van der Waals surface area (Å²) in [7, 11) is 1.34. The number of methoxy groups -OCH3 is 1. The number of nitrogen functional groups attached to an aromatic ring is 1. The van der Waals surface area contributed by atoms with Crippen molar-refractivity contribution in [2.24, 2.45) is 0 Å². The Bertz CT molecular complexity index is 1200. The average molecular weight is 360 g/mol. The van der Waals surface area contributed by atoms with Crippen molar-refractivity contribution in [2.45, 2.75) is 20.8 Å². The Morgan fingerprint density at radius 3 is 2.22 bits per heavy atom. The molecule has 0 radical (unpaired) electrons. The Morgan fingerprint density at radius 1 is 1.04 bits per heavy atom. The van der Waals surface area contributed by atoms with Crippen molar-refractivity contribution in [2.75, 3.05) is 12.8 Å². The van der Waals surface area contributed by atoms with Crippen LogP contribution in [-0.2, 0) is 4.74 Å². The highest BCUT2D eigenvalue weighted by atomic mass is 16.5. The molecule has 0 amide bonds. The molecule has 2 aromatic heterocycles. The molecule has 2 heterocycles. The fourth-order valence-corrected chi connectivity index (χ4v) is 3.72. The lowest BCUT2D eigenvalue weighted by molar-refractivity contribution is 0.0604. The Hall–Kier alpha value is -3.41. The van der Waals surface area contributed by atoms with Gasteiger partial charge in [0, 0.05) is 0 Å². The first-order valence-corrected chi connectivity index (χ1v) is 8.65. The molecule has 4 rings (SSSR count). The number of carbonyl (C=O) groups excluding carboxylic acids is 1. The third kappa shape index (κ3) is 2.52. The zero-order valence-electron chi connectivity index (χ0n) is 15.7. The number of hydrogen-bond donors (Lipinski definition) is 1. The van der Waals surface area contributed by atoms with E-state index in [0.29, 0.717) is 16.7 Å². The van der Waals surface area contributed by atoms with Gasteiger partial charge in [-0.2, -0.15) is 0 Å². The molecule has 0 atom stereocenters. The summed E-state index contributed by atoms with van der Waals surface area (Å²) in [5.41, 5.74) is 13.3. The number of aromatic nitrogens is 3. The molecular weight excluding hydrogens is 340 g/mol. The molecule has 2 N–H and O–H groups in total. The zero-order valence-corrected chi connectivity index (χ0v) is 15.7. The number of fused-ring (bicyclic) bond motifs is 2. The molecular formula is C21H20N4O2. The van der Waals surface area contributed by atoms with Crippen LogP contribution < -0.4 is 5.73 Å². The van der Waals surface area contributed by atoms with Gasteiger partial charge >= 0.3 is 5.97 Å². The van der Waals surface area contributed by atoms with E-state index in [0.717, 1.165) is 27.9 Å². The summed E-state index contributed by atoms with van der Waals surface area (Å²) in [5, 5.41) is 0. The van der Waals surface area contributed by atoms with E-state index in [1.807, 2.05) is 49.6 Å². The number of aryl methyl sites for hydroxylation is 3. The zero-order chi connectivity index (χ0) is 19.3. The maximum atomic E-state index is 12.5. The number of rotatable bonds is 2. The van der Waals surface area contributed by atoms with Crippen LogP contribution in [0.1, 0.15) is 27.0 Å². The molecule has 0 unspecified atom stereocenters. The summed E-state index contributed by atoms with van der Waals surface area (Å²) in [5.74, 6) is -0.245. The Balaban J connectivity index is 2.20. The molecule has 4 aromatic rings. The van der Waals surface area contributed by atoms with Crippen molar-refractivity contribution in [1.29, 1.82) is 0 Å². The van der Waals surface area contributed by atoms with Gasteiger partial charge in [-0.05, 0) is 44.0 Å². The first-order valence-electron chi connectivity index (χ1n) is 8.65. The number of carbonyl (C=O) groups is 1. The molecule has 2 aromatic carbocycles. The molecule has 27 heavy (non-hydrogen) atoms. The lowest BCUT2D eigenvalue weighted by atomic mass is 10.0. The largest absolute Gasteiger partial charge is 0.465 e. The lowest BCUT2D eigenvalue weighted by Crippen LogP contribution is -2.09. The Kier molecular flexibility index (Phi) is 3.84. The summed E-state index contributed by atoms with van der Waals surface area (Å²) in [6, 6.07) is 11.7. The second-order valence-corrected chi connectivity index (χ2v) is 6.72. The normalized spacial score (nSPS) is 11.3. The van der Waals surface area contributed by atoms with Crippen molar-refractivity contribution in [3.8, 4) is 5.69 Å². The molecule has 0 saturated carbocycles. The van der Waals surface area contributed by atoms with Gasteiger partial charge in [-0.1, -0.05) is 29.8 Å². The van der Waals surface area contributed by atoms with Crippen molar-refractivity contribution in [3.63, 3.8) is 0 Å². The monoisotopic (exact) mass is 360 g/mol. The van der Waals surface area contributed by atoms with E-state index in [1.54, 1.807) is 0 Å². The van der Waals surface area contributed by atoms with E-state index in [4.69, 9.17) is 15.5 Å². The molecule has 6 nitrogen and oxygen atoms in total. The van der Waals surface area contributed by atoms with E-state index < -0.39 is 5.97 Å². The van der Waals surface area contributed by atoms with Crippen molar-refractivity contribution >= 4 is 34.0 Å². The standard InChI is InChI=1S/C21H20N4O2/c1-11-9-12(2)18(13(3)10-11)25-19(22)16(21(26)27-4)17-20(25)24-15-8-6-5-7-14(15)23-17/h5-10H,22H2,1-4H3. The first-order chi connectivity index (χ1) is 12.9. The predicted molar refractivity (Wildman–Crippen MR) is 106 cm³/mol. The smallest absolute Gasteiger partial charge is 0.343 e. The lowest BCUT2D eigenvalue weighted by Gasteiger charge is -2.15. The summed E-state index contributed by atoms with van der Waals surface area (Å²) in [6.45, 7) is 6.09. The molecule has 0 fully saturated rings. The number of hydrogen-bond acceptors (Lipinski definition) is 5. The first kappa shape index (κ1) is 17.0. The third-order valence-corrected chi connectivity index (χ3v) is 4.75. The van der Waals surface area contributed by atoms with Crippen molar-refractivity contribution in [3.05, 3.63) is 58.7 Å². The molecule has 6 heteroatoms. The quantitative estimate of drug-likeness (QED) is 0.549. The van der Waals surface area contributed by atoms with Gasteiger partial charge in [0.15, 0.2) is 5.65 Å². The van der Waals surface area contributed by atoms with Gasteiger partial charge in [0.05, 0.1) is 23.8 Å². The fraction of sp³-hybridized carbons (Fsp3) is 0.190. The van der Waals surface area contributed by atoms with Crippen LogP contribution in [0.3, 0.4) is 0 Å². The summed E-state index contributed by atoms with van der Waals surface area (Å²) < 4.78 is 6.78. The molecule has 0 aliphatic carbocycles. The molecule has 0 aliphatic heterocycles. The van der Waals surface area contributed by atoms with Gasteiger partial charge in [0.1, 0.15) is 16.9 Å². The number of para-hydroxylation sites is 2. The van der Waals surface area contributed by atoms with Crippen LogP contribution >= 0.6 is 0 Å². The van der Waals surface area contributed by atoms with E-state index in [-0.39, 0.29) is 11.4 Å². The fourth-order valence-electron chi connectivity index (χ4n) is 3.72. The molecule has 0 bridgehead atoms. The van der Waals surface area contributed by atoms with Gasteiger partial charge in [-0.25, -0.2) is 14.8 Å². The molecule has 0 spiro atoms. The van der Waals surface area contributed by atoms with E-state index in [2.05, 4.69) is 17.1 Å². The van der Waals surface area contributed by atoms with Crippen LogP contribution in [-0.4, -0.2) is 27.6 Å². The topological polar surface area (TPSA) is 83.0 Å². The van der Waals surface area contributed by atoms with Crippen LogP contribution in [0, 0.1) is 20.8 Å². The van der Waals surface area contributed by atoms with Gasteiger partial charge in [0.25, 0.3) is 0 Å². The Labute approximate surface area is 156 Å². The van der Waals surface area contributed by atoms with Crippen LogP contribution in [0.5, 0.6) is 0 Å². The SMILES string of the molecule is COC(=O)c1c(N)n(-c2c(C)cc(C)cc2C)c2nc3ccccc3nc12. The second kappa shape index (κ2) is 6.09. The highest BCUT2D eigenvalue weighted by molar-refractivity contribution is 6.09. The van der Waals surface area contributed by atoms with Crippen LogP contribution in [0.2, 0.25) is 0 Å². The highest BCUT2D eigenvalue weighted by Gasteiger charge is 2.26. The van der Waals surface area contributed by atoms with Crippen molar-refractivity contribution < 1.29 is 9.53 Å². The van der Waals surface area contributed by atoms with Crippen LogP contribution in [0.15, 0.2) is 36.4 Å². The summed E-state index contributed by atoms with van der Waals surface area (Å²) in [4.78, 5) is 21.9.